The zero-order valence-electron chi connectivity index (χ0n) is 14.2. The van der Waals surface area contributed by atoms with Crippen LogP contribution in [0.4, 0.5) is 0 Å². The first-order valence-corrected chi connectivity index (χ1v) is 9.09. The molecule has 0 spiro atoms. The maximum absolute atomic E-state index is 12.3. The molecule has 1 saturated heterocycles. The lowest BCUT2D eigenvalue weighted by atomic mass is 10.2. The molecule has 1 heterocycles. The van der Waals surface area contributed by atoms with Gasteiger partial charge in [-0.15, -0.1) is 0 Å². The van der Waals surface area contributed by atoms with Gasteiger partial charge >= 0.3 is 0 Å². The molecule has 2 rings (SSSR count). The van der Waals surface area contributed by atoms with Crippen molar-refractivity contribution in [3.8, 4) is 0 Å². The molecule has 7 heteroatoms. The molecule has 0 saturated carbocycles. The SMILES string of the molecule is COC[C@@H]1C[C@H](OC)CN1Cc1cccc(S(=O)(=O)N(C)C)c1. The highest BCUT2D eigenvalue weighted by Gasteiger charge is 2.32. The summed E-state index contributed by atoms with van der Waals surface area (Å²) >= 11 is 0. The van der Waals surface area contributed by atoms with Gasteiger partial charge in [0.25, 0.3) is 0 Å². The summed E-state index contributed by atoms with van der Waals surface area (Å²) in [4.78, 5) is 2.62. The number of hydrogen-bond acceptors (Lipinski definition) is 5. The molecule has 0 aliphatic carbocycles. The molecule has 1 aliphatic heterocycles. The van der Waals surface area contributed by atoms with Gasteiger partial charge in [0.05, 0.1) is 17.6 Å². The molecular formula is C16H26N2O4S. The Balaban J connectivity index is 2.17. The number of hydrogen-bond donors (Lipinski definition) is 0. The molecule has 6 nitrogen and oxygen atoms in total. The second kappa shape index (κ2) is 7.72. The van der Waals surface area contributed by atoms with Gasteiger partial charge in [0, 0.05) is 47.4 Å². The van der Waals surface area contributed by atoms with E-state index in [0.717, 1.165) is 18.5 Å². The number of sulfonamides is 1. The van der Waals surface area contributed by atoms with Gasteiger partial charge in [-0.25, -0.2) is 12.7 Å². The molecular weight excluding hydrogens is 316 g/mol. The van der Waals surface area contributed by atoms with Crippen LogP contribution < -0.4 is 0 Å². The van der Waals surface area contributed by atoms with Crippen LogP contribution in [0.2, 0.25) is 0 Å². The summed E-state index contributed by atoms with van der Waals surface area (Å²) in [6, 6.07) is 7.42. The second-order valence-corrected chi connectivity index (χ2v) is 8.22. The highest BCUT2D eigenvalue weighted by atomic mass is 32.2. The van der Waals surface area contributed by atoms with Crippen LogP contribution >= 0.6 is 0 Å². The maximum Gasteiger partial charge on any atom is 0.242 e. The molecule has 0 amide bonds. The molecule has 0 radical (unpaired) electrons. The van der Waals surface area contributed by atoms with Gasteiger partial charge in [-0.1, -0.05) is 12.1 Å². The Morgan fingerprint density at radius 1 is 1.30 bits per heavy atom. The van der Waals surface area contributed by atoms with E-state index < -0.39 is 10.0 Å². The lowest BCUT2D eigenvalue weighted by Crippen LogP contribution is -2.32. The van der Waals surface area contributed by atoms with Crippen molar-refractivity contribution in [1.29, 1.82) is 0 Å². The van der Waals surface area contributed by atoms with Crippen molar-refractivity contribution in [2.45, 2.75) is 30.0 Å². The third kappa shape index (κ3) is 4.30. The van der Waals surface area contributed by atoms with E-state index in [1.165, 1.54) is 4.31 Å². The highest BCUT2D eigenvalue weighted by molar-refractivity contribution is 7.89. The minimum atomic E-state index is -3.41. The van der Waals surface area contributed by atoms with Gasteiger partial charge in [-0.3, -0.25) is 4.90 Å². The topological polar surface area (TPSA) is 59.1 Å². The predicted molar refractivity (Wildman–Crippen MR) is 88.8 cm³/mol. The summed E-state index contributed by atoms with van der Waals surface area (Å²) in [7, 11) is 3.10. The average molecular weight is 342 g/mol. The number of rotatable bonds is 7. The fraction of sp³-hybridized carbons (Fsp3) is 0.625. The van der Waals surface area contributed by atoms with Crippen LogP contribution in [0.1, 0.15) is 12.0 Å². The third-order valence-electron chi connectivity index (χ3n) is 4.24. The molecule has 0 aromatic heterocycles. The normalized spacial score (nSPS) is 22.8. The zero-order valence-corrected chi connectivity index (χ0v) is 15.0. The van der Waals surface area contributed by atoms with Crippen LogP contribution in [0.3, 0.4) is 0 Å². The summed E-state index contributed by atoms with van der Waals surface area (Å²) in [5.74, 6) is 0. The largest absolute Gasteiger partial charge is 0.383 e. The van der Waals surface area contributed by atoms with Crippen molar-refractivity contribution in [1.82, 2.24) is 9.21 Å². The van der Waals surface area contributed by atoms with Crippen molar-refractivity contribution < 1.29 is 17.9 Å². The van der Waals surface area contributed by atoms with Crippen LogP contribution in [0.15, 0.2) is 29.2 Å². The van der Waals surface area contributed by atoms with Gasteiger partial charge in [0.15, 0.2) is 0 Å². The molecule has 2 atom stereocenters. The van der Waals surface area contributed by atoms with Crippen molar-refractivity contribution in [3.63, 3.8) is 0 Å². The van der Waals surface area contributed by atoms with Crippen LogP contribution in [0.5, 0.6) is 0 Å². The Bertz CT molecular complexity index is 618. The van der Waals surface area contributed by atoms with E-state index in [1.807, 2.05) is 6.07 Å². The lowest BCUT2D eigenvalue weighted by Gasteiger charge is -2.23. The van der Waals surface area contributed by atoms with E-state index in [4.69, 9.17) is 9.47 Å². The predicted octanol–water partition coefficient (Wildman–Crippen LogP) is 1.17. The van der Waals surface area contributed by atoms with E-state index in [0.29, 0.717) is 24.1 Å². The van der Waals surface area contributed by atoms with Gasteiger partial charge in [0.2, 0.25) is 10.0 Å². The van der Waals surface area contributed by atoms with E-state index in [-0.39, 0.29) is 6.10 Å². The Labute approximate surface area is 139 Å². The fourth-order valence-electron chi connectivity index (χ4n) is 2.92. The number of nitrogens with zero attached hydrogens (tertiary/aromatic N) is 2. The molecule has 1 aromatic carbocycles. The first-order valence-electron chi connectivity index (χ1n) is 7.65. The lowest BCUT2D eigenvalue weighted by molar-refractivity contribution is 0.106. The van der Waals surface area contributed by atoms with E-state index in [2.05, 4.69) is 4.90 Å². The van der Waals surface area contributed by atoms with Crippen molar-refractivity contribution in [2.75, 3.05) is 41.5 Å². The minimum Gasteiger partial charge on any atom is -0.383 e. The van der Waals surface area contributed by atoms with Crippen LogP contribution in [0.25, 0.3) is 0 Å². The van der Waals surface area contributed by atoms with Gasteiger partial charge in [-0.05, 0) is 24.1 Å². The van der Waals surface area contributed by atoms with Crippen LogP contribution in [-0.2, 0) is 26.0 Å². The first-order chi connectivity index (χ1) is 10.9. The molecule has 23 heavy (non-hydrogen) atoms. The number of ether oxygens (including phenoxy) is 2. The molecule has 130 valence electrons. The fourth-order valence-corrected chi connectivity index (χ4v) is 3.89. The summed E-state index contributed by atoms with van der Waals surface area (Å²) in [6.45, 7) is 2.16. The highest BCUT2D eigenvalue weighted by Crippen LogP contribution is 2.24. The monoisotopic (exact) mass is 342 g/mol. The molecule has 1 aliphatic rings. The standard InChI is InChI=1S/C16H26N2O4S/c1-17(2)23(19,20)16-7-5-6-13(8-16)10-18-11-15(22-4)9-14(18)12-21-3/h5-8,14-15H,9-12H2,1-4H3/t14-,15-/m0/s1. The van der Waals surface area contributed by atoms with E-state index >= 15 is 0 Å². The van der Waals surface area contributed by atoms with Crippen molar-refractivity contribution in [3.05, 3.63) is 29.8 Å². The summed E-state index contributed by atoms with van der Waals surface area (Å²) < 4.78 is 36.5. The van der Waals surface area contributed by atoms with Gasteiger partial charge < -0.3 is 9.47 Å². The quantitative estimate of drug-likeness (QED) is 0.744. The van der Waals surface area contributed by atoms with Gasteiger partial charge in [-0.2, -0.15) is 0 Å². The minimum absolute atomic E-state index is 0.198. The summed E-state index contributed by atoms with van der Waals surface area (Å²) in [6.07, 6.45) is 1.13. The Morgan fingerprint density at radius 2 is 2.04 bits per heavy atom. The Hall–Kier alpha value is -0.990. The molecule has 1 fully saturated rings. The van der Waals surface area contributed by atoms with Crippen molar-refractivity contribution >= 4 is 10.0 Å². The molecule has 0 N–H and O–H groups in total. The summed E-state index contributed by atoms with van der Waals surface area (Å²) in [5, 5.41) is 0. The molecule has 1 aromatic rings. The zero-order chi connectivity index (χ0) is 17.0. The third-order valence-corrected chi connectivity index (χ3v) is 6.06. The number of benzene rings is 1. The average Bonchev–Trinajstić information content (AvgIpc) is 2.90. The summed E-state index contributed by atoms with van der Waals surface area (Å²) in [5.41, 5.74) is 0.978. The molecule has 0 bridgehead atoms. The Kier molecular flexibility index (Phi) is 6.16. The van der Waals surface area contributed by atoms with E-state index in [1.54, 1.807) is 46.5 Å². The van der Waals surface area contributed by atoms with Gasteiger partial charge in [0.1, 0.15) is 0 Å². The van der Waals surface area contributed by atoms with Crippen LogP contribution in [-0.4, -0.2) is 71.2 Å². The second-order valence-electron chi connectivity index (χ2n) is 6.07. The molecule has 0 unspecified atom stereocenters. The van der Waals surface area contributed by atoms with Crippen LogP contribution in [0, 0.1) is 0 Å². The van der Waals surface area contributed by atoms with E-state index in [9.17, 15) is 8.42 Å². The Morgan fingerprint density at radius 3 is 2.65 bits per heavy atom. The number of methoxy groups -OCH3 is 2. The number of likely N-dealkylation sites (tertiary alicyclic amines) is 1. The maximum atomic E-state index is 12.3. The van der Waals surface area contributed by atoms with Crippen molar-refractivity contribution in [2.24, 2.45) is 0 Å². The smallest absolute Gasteiger partial charge is 0.242 e. The first kappa shape index (κ1) is 18.4.